The summed E-state index contributed by atoms with van der Waals surface area (Å²) in [5, 5.41) is 0.503. The van der Waals surface area contributed by atoms with Gasteiger partial charge < -0.3 is 9.47 Å². The zero-order valence-electron chi connectivity index (χ0n) is 8.30. The van der Waals surface area contributed by atoms with E-state index in [-0.39, 0.29) is 6.10 Å². The number of alkyl halides is 1. The lowest BCUT2D eigenvalue weighted by atomic mass is 10.2. The predicted molar refractivity (Wildman–Crippen MR) is 58.8 cm³/mol. The van der Waals surface area contributed by atoms with Crippen LogP contribution in [0, 0.1) is 6.92 Å². The van der Waals surface area contributed by atoms with Gasteiger partial charge in [0.05, 0.1) is 13.2 Å². The molecule has 0 unspecified atom stereocenters. The van der Waals surface area contributed by atoms with E-state index in [9.17, 15) is 0 Å². The quantitative estimate of drug-likeness (QED) is 0.770. The van der Waals surface area contributed by atoms with Crippen molar-refractivity contribution in [1.82, 2.24) is 4.98 Å². The molecule has 0 saturated carbocycles. The highest BCUT2D eigenvalue weighted by atomic mass is 35.5. The number of ether oxygens (including phenoxy) is 2. The number of aromatic nitrogens is 1. The lowest BCUT2D eigenvalue weighted by molar-refractivity contribution is -0.0813. The van der Waals surface area contributed by atoms with Crippen molar-refractivity contribution in [2.75, 3.05) is 13.2 Å². The first-order valence-electron chi connectivity index (χ1n) is 4.67. The van der Waals surface area contributed by atoms with Crippen molar-refractivity contribution in [3.8, 4) is 5.88 Å². The van der Waals surface area contributed by atoms with Gasteiger partial charge in [0.25, 0.3) is 0 Å². The smallest absolute Gasteiger partial charge is 0.233 e. The van der Waals surface area contributed by atoms with E-state index in [2.05, 4.69) is 4.98 Å². The van der Waals surface area contributed by atoms with Crippen LogP contribution in [0.5, 0.6) is 5.88 Å². The van der Waals surface area contributed by atoms with Crippen molar-refractivity contribution < 1.29 is 9.47 Å². The maximum atomic E-state index is 6.02. The van der Waals surface area contributed by atoms with Gasteiger partial charge in [-0.2, -0.15) is 0 Å². The molecule has 1 saturated heterocycles. The molecule has 1 aliphatic rings. The summed E-state index contributed by atoms with van der Waals surface area (Å²) in [5.41, 5.74) is 1.78. The Labute approximate surface area is 98.3 Å². The molecule has 2 heterocycles. The first-order valence-corrected chi connectivity index (χ1v) is 5.58. The molecule has 2 rings (SSSR count). The monoisotopic (exact) mass is 247 g/mol. The van der Waals surface area contributed by atoms with Crippen molar-refractivity contribution in [2.45, 2.75) is 18.9 Å². The largest absolute Gasteiger partial charge is 0.468 e. The molecule has 82 valence electrons. The van der Waals surface area contributed by atoms with Gasteiger partial charge in [0, 0.05) is 11.6 Å². The lowest BCUT2D eigenvalue weighted by Crippen LogP contribution is -2.38. The Morgan fingerprint density at radius 1 is 1.60 bits per heavy atom. The third kappa shape index (κ3) is 2.36. The van der Waals surface area contributed by atoms with Crippen LogP contribution in [-0.4, -0.2) is 24.3 Å². The number of nitrogens with zero attached hydrogens (tertiary/aromatic N) is 1. The van der Waals surface area contributed by atoms with Crippen molar-refractivity contribution in [1.29, 1.82) is 0 Å². The van der Waals surface area contributed by atoms with Crippen LogP contribution in [0.2, 0.25) is 5.02 Å². The molecule has 5 heteroatoms. The number of aryl methyl sites for hydroxylation is 1. The summed E-state index contributed by atoms with van der Waals surface area (Å²) >= 11 is 11.8. The fraction of sp³-hybridized carbons (Fsp3) is 0.500. The van der Waals surface area contributed by atoms with Crippen LogP contribution in [0.4, 0.5) is 0 Å². The number of rotatable bonds is 3. The van der Waals surface area contributed by atoms with Gasteiger partial charge in [-0.25, -0.2) is 4.98 Å². The average Bonchev–Trinajstić information content (AvgIpc) is 2.16. The van der Waals surface area contributed by atoms with Crippen LogP contribution in [0.3, 0.4) is 0 Å². The number of halogens is 2. The normalized spacial score (nSPS) is 16.2. The van der Waals surface area contributed by atoms with Crippen LogP contribution < -0.4 is 4.74 Å². The standard InChI is InChI=1S/C10H11Cl2NO2/c1-6-7(3-11)2-9(12)10(13-6)15-8-4-14-5-8/h2,8H,3-5H2,1H3. The van der Waals surface area contributed by atoms with E-state index in [4.69, 9.17) is 32.7 Å². The number of pyridine rings is 1. The molecule has 0 spiro atoms. The summed E-state index contributed by atoms with van der Waals surface area (Å²) in [6.07, 6.45) is 0.0799. The Hall–Kier alpha value is -0.510. The highest BCUT2D eigenvalue weighted by Crippen LogP contribution is 2.27. The maximum absolute atomic E-state index is 6.02. The van der Waals surface area contributed by atoms with Gasteiger partial charge in [-0.3, -0.25) is 0 Å². The van der Waals surface area contributed by atoms with Crippen LogP contribution in [0.15, 0.2) is 6.07 Å². The topological polar surface area (TPSA) is 31.4 Å². The Morgan fingerprint density at radius 2 is 2.33 bits per heavy atom. The van der Waals surface area contributed by atoms with Gasteiger partial charge in [0.15, 0.2) is 0 Å². The van der Waals surface area contributed by atoms with E-state index < -0.39 is 0 Å². The first-order chi connectivity index (χ1) is 7.20. The second kappa shape index (κ2) is 4.56. The van der Waals surface area contributed by atoms with Crippen molar-refractivity contribution in [3.63, 3.8) is 0 Å². The zero-order valence-corrected chi connectivity index (χ0v) is 9.81. The average molecular weight is 248 g/mol. The molecule has 0 atom stereocenters. The fourth-order valence-corrected chi connectivity index (χ4v) is 1.74. The Bertz CT molecular complexity index is 367. The first kappa shape index (κ1) is 11.0. The van der Waals surface area contributed by atoms with Crippen LogP contribution >= 0.6 is 23.2 Å². The molecule has 1 aromatic rings. The molecule has 0 N–H and O–H groups in total. The molecule has 1 aromatic heterocycles. The highest BCUT2D eigenvalue weighted by molar-refractivity contribution is 6.32. The highest BCUT2D eigenvalue weighted by Gasteiger charge is 2.22. The lowest BCUT2D eigenvalue weighted by Gasteiger charge is -2.26. The molecular formula is C10H11Cl2NO2. The van der Waals surface area contributed by atoms with E-state index in [1.165, 1.54) is 0 Å². The summed E-state index contributed by atoms with van der Waals surface area (Å²) in [4.78, 5) is 4.27. The van der Waals surface area contributed by atoms with Gasteiger partial charge >= 0.3 is 0 Å². The molecule has 0 radical (unpaired) electrons. The molecule has 1 aliphatic heterocycles. The molecule has 3 nitrogen and oxygen atoms in total. The number of hydrogen-bond donors (Lipinski definition) is 0. The Kier molecular flexibility index (Phi) is 3.34. The van der Waals surface area contributed by atoms with E-state index in [0.717, 1.165) is 11.3 Å². The zero-order chi connectivity index (χ0) is 10.8. The van der Waals surface area contributed by atoms with Crippen LogP contribution in [-0.2, 0) is 10.6 Å². The minimum atomic E-state index is 0.0799. The van der Waals surface area contributed by atoms with E-state index in [1.807, 2.05) is 6.92 Å². The summed E-state index contributed by atoms with van der Waals surface area (Å²) < 4.78 is 10.6. The van der Waals surface area contributed by atoms with E-state index in [1.54, 1.807) is 6.07 Å². The molecule has 0 bridgehead atoms. The molecule has 1 fully saturated rings. The Balaban J connectivity index is 2.19. The second-order valence-electron chi connectivity index (χ2n) is 3.43. The molecular weight excluding hydrogens is 237 g/mol. The SMILES string of the molecule is Cc1nc(OC2COC2)c(Cl)cc1CCl. The van der Waals surface area contributed by atoms with Crippen molar-refractivity contribution in [2.24, 2.45) is 0 Å². The van der Waals surface area contributed by atoms with Crippen molar-refractivity contribution in [3.05, 3.63) is 22.3 Å². The van der Waals surface area contributed by atoms with Crippen molar-refractivity contribution >= 4 is 23.2 Å². The van der Waals surface area contributed by atoms with Gasteiger partial charge in [0.1, 0.15) is 11.1 Å². The van der Waals surface area contributed by atoms with E-state index in [0.29, 0.717) is 30.0 Å². The molecule has 0 aliphatic carbocycles. The third-order valence-corrected chi connectivity index (χ3v) is 2.83. The minimum Gasteiger partial charge on any atom is -0.468 e. The van der Waals surface area contributed by atoms with E-state index >= 15 is 0 Å². The third-order valence-electron chi connectivity index (χ3n) is 2.27. The minimum absolute atomic E-state index is 0.0799. The van der Waals surface area contributed by atoms with Gasteiger partial charge in [-0.1, -0.05) is 11.6 Å². The van der Waals surface area contributed by atoms with Gasteiger partial charge in [0.2, 0.25) is 5.88 Å². The van der Waals surface area contributed by atoms with Crippen LogP contribution in [0.25, 0.3) is 0 Å². The molecule has 0 amide bonds. The predicted octanol–water partition coefficient (Wildman–Crippen LogP) is 2.56. The van der Waals surface area contributed by atoms with Gasteiger partial charge in [-0.05, 0) is 18.6 Å². The molecule has 15 heavy (non-hydrogen) atoms. The maximum Gasteiger partial charge on any atom is 0.233 e. The molecule has 0 aromatic carbocycles. The van der Waals surface area contributed by atoms with Crippen LogP contribution in [0.1, 0.15) is 11.3 Å². The Morgan fingerprint density at radius 3 is 2.87 bits per heavy atom. The number of hydrogen-bond acceptors (Lipinski definition) is 3. The summed E-state index contributed by atoms with van der Waals surface area (Å²) in [5.74, 6) is 0.877. The fourth-order valence-electron chi connectivity index (χ4n) is 1.25. The second-order valence-corrected chi connectivity index (χ2v) is 4.11. The summed E-state index contributed by atoms with van der Waals surface area (Å²) in [6.45, 7) is 3.10. The summed E-state index contributed by atoms with van der Waals surface area (Å²) in [6, 6.07) is 1.80. The van der Waals surface area contributed by atoms with Gasteiger partial charge in [-0.15, -0.1) is 11.6 Å². The summed E-state index contributed by atoms with van der Waals surface area (Å²) in [7, 11) is 0.